The maximum absolute atomic E-state index is 13.0. The van der Waals surface area contributed by atoms with Gasteiger partial charge in [0.1, 0.15) is 5.60 Å². The molecule has 0 spiro atoms. The summed E-state index contributed by atoms with van der Waals surface area (Å²) in [4.78, 5) is 13.0. The number of aliphatic hydroxyl groups excluding tert-OH is 3. The molecule has 5 nitrogen and oxygen atoms in total. The van der Waals surface area contributed by atoms with E-state index in [1.165, 1.54) is 0 Å². The van der Waals surface area contributed by atoms with Crippen LogP contribution in [0.4, 0.5) is 0 Å². The summed E-state index contributed by atoms with van der Waals surface area (Å²) in [6, 6.07) is 0. The zero-order valence-corrected chi connectivity index (χ0v) is 15.4. The van der Waals surface area contributed by atoms with Crippen LogP contribution >= 0.6 is 0 Å². The summed E-state index contributed by atoms with van der Waals surface area (Å²) in [7, 11) is 0. The summed E-state index contributed by atoms with van der Waals surface area (Å²) in [5, 5.41) is 43.0. The quantitative estimate of drug-likeness (QED) is 0.492. The number of hydrogen-bond acceptors (Lipinski definition) is 5. The molecule has 2 fully saturated rings. The molecule has 0 saturated heterocycles. The molecule has 140 valence electrons. The highest BCUT2D eigenvalue weighted by molar-refractivity contribution is 6.02. The lowest BCUT2D eigenvalue weighted by atomic mass is 9.77. The van der Waals surface area contributed by atoms with Crippen molar-refractivity contribution in [2.75, 3.05) is 0 Å². The minimum Gasteiger partial charge on any atom is -0.392 e. The van der Waals surface area contributed by atoms with Gasteiger partial charge in [0.2, 0.25) is 0 Å². The Morgan fingerprint density at radius 2 is 1.84 bits per heavy atom. The highest BCUT2D eigenvalue weighted by Gasteiger charge is 2.61. The van der Waals surface area contributed by atoms with Crippen molar-refractivity contribution in [1.82, 2.24) is 0 Å². The van der Waals surface area contributed by atoms with Crippen LogP contribution in [0.15, 0.2) is 23.8 Å². The molecule has 0 heterocycles. The van der Waals surface area contributed by atoms with Crippen molar-refractivity contribution < 1.29 is 25.2 Å². The van der Waals surface area contributed by atoms with Crippen LogP contribution in [0.5, 0.6) is 0 Å². The molecule has 4 N–H and O–H groups in total. The zero-order chi connectivity index (χ0) is 18.9. The minimum absolute atomic E-state index is 0.0442. The summed E-state index contributed by atoms with van der Waals surface area (Å²) in [6.07, 6.45) is -0.880. The Hall–Kier alpha value is -1.01. The van der Waals surface area contributed by atoms with E-state index in [4.69, 9.17) is 0 Å². The van der Waals surface area contributed by atoms with Crippen molar-refractivity contribution in [1.29, 1.82) is 0 Å². The fourth-order valence-corrected chi connectivity index (χ4v) is 5.15. The van der Waals surface area contributed by atoms with Gasteiger partial charge in [-0.25, -0.2) is 0 Å². The Labute approximate surface area is 149 Å². The third-order valence-corrected chi connectivity index (χ3v) is 7.08. The molecule has 2 saturated carbocycles. The fourth-order valence-electron chi connectivity index (χ4n) is 5.15. The molecule has 0 amide bonds. The monoisotopic (exact) mass is 350 g/mol. The highest BCUT2D eigenvalue weighted by atomic mass is 16.3. The number of aliphatic hydroxyl groups is 4. The Morgan fingerprint density at radius 1 is 1.24 bits per heavy atom. The average molecular weight is 350 g/mol. The summed E-state index contributed by atoms with van der Waals surface area (Å²) in [6.45, 7) is 11.4. The van der Waals surface area contributed by atoms with Crippen molar-refractivity contribution in [2.45, 2.75) is 64.4 Å². The van der Waals surface area contributed by atoms with Crippen LogP contribution in [0.25, 0.3) is 0 Å². The third-order valence-electron chi connectivity index (χ3n) is 7.08. The van der Waals surface area contributed by atoms with Crippen LogP contribution in [-0.4, -0.2) is 50.1 Å². The second kappa shape index (κ2) is 5.74. The normalized spacial score (nSPS) is 49.8. The molecular formula is C20H30O5. The Morgan fingerprint density at radius 3 is 2.44 bits per heavy atom. The number of hydrogen-bond donors (Lipinski definition) is 4. The average Bonchev–Trinajstić information content (AvgIpc) is 2.92. The van der Waals surface area contributed by atoms with Gasteiger partial charge >= 0.3 is 0 Å². The zero-order valence-electron chi connectivity index (χ0n) is 15.4. The van der Waals surface area contributed by atoms with Crippen molar-refractivity contribution >= 4 is 5.78 Å². The maximum atomic E-state index is 13.0. The van der Waals surface area contributed by atoms with Crippen LogP contribution < -0.4 is 0 Å². The smallest absolute Gasteiger partial charge is 0.190 e. The number of fused-ring (bicyclic) bond motifs is 2. The predicted molar refractivity (Wildman–Crippen MR) is 93.5 cm³/mol. The van der Waals surface area contributed by atoms with Gasteiger partial charge in [0, 0.05) is 0 Å². The maximum Gasteiger partial charge on any atom is 0.190 e. The van der Waals surface area contributed by atoms with Crippen molar-refractivity contribution in [3.05, 3.63) is 23.8 Å². The van der Waals surface area contributed by atoms with E-state index in [-0.39, 0.29) is 35.2 Å². The van der Waals surface area contributed by atoms with Crippen LogP contribution in [0.3, 0.4) is 0 Å². The number of carbonyl (C=O) groups excluding carboxylic acids is 1. The van der Waals surface area contributed by atoms with Crippen LogP contribution in [-0.2, 0) is 4.79 Å². The van der Waals surface area contributed by atoms with E-state index in [0.29, 0.717) is 12.0 Å². The van der Waals surface area contributed by atoms with Gasteiger partial charge in [0.05, 0.1) is 24.2 Å². The minimum atomic E-state index is -1.85. The number of Topliss-reactive ketones (excluding diaryl/α,β-unsaturated/α-hetero) is 1. The molecule has 5 heteroatoms. The van der Waals surface area contributed by atoms with Crippen LogP contribution in [0.1, 0.15) is 40.5 Å². The van der Waals surface area contributed by atoms with Gasteiger partial charge in [0.15, 0.2) is 5.78 Å². The number of carbonyl (C=O) groups is 1. The molecule has 3 aliphatic carbocycles. The largest absolute Gasteiger partial charge is 0.392 e. The fraction of sp³-hybridized carbons (Fsp3) is 0.750. The second-order valence-corrected chi connectivity index (χ2v) is 9.03. The molecule has 3 rings (SSSR count). The first-order chi connectivity index (χ1) is 11.4. The first kappa shape index (κ1) is 18.8. The van der Waals surface area contributed by atoms with Gasteiger partial charge in [-0.2, -0.15) is 0 Å². The molecule has 0 aromatic carbocycles. The van der Waals surface area contributed by atoms with E-state index in [0.717, 1.165) is 0 Å². The Kier molecular flexibility index (Phi) is 4.31. The first-order valence-electron chi connectivity index (χ1n) is 9.11. The van der Waals surface area contributed by atoms with Gasteiger partial charge in [0.25, 0.3) is 0 Å². The standard InChI is InChI=1S/C20H30O5/c1-9-6-12-13(19(12,4)5)7-14(21)11(3)17(23)15-16(22)10(2)8-20(15,25)18(9)24/h6,10,12-17,21-23,25H,3,7-8H2,1-2,4-5H3/t10-,12+,13-,14+,15+,16-,17-,20+/m0/s1. The molecule has 0 radical (unpaired) electrons. The lowest BCUT2D eigenvalue weighted by Gasteiger charge is -2.35. The van der Waals surface area contributed by atoms with Crippen molar-refractivity contribution in [3.8, 4) is 0 Å². The summed E-state index contributed by atoms with van der Waals surface area (Å²) in [5.74, 6) is -1.53. The van der Waals surface area contributed by atoms with Crippen LogP contribution in [0, 0.1) is 29.1 Å². The third kappa shape index (κ3) is 2.64. The molecule has 0 unspecified atom stereocenters. The van der Waals surface area contributed by atoms with Crippen molar-refractivity contribution in [2.24, 2.45) is 29.1 Å². The van der Waals surface area contributed by atoms with E-state index >= 15 is 0 Å². The van der Waals surface area contributed by atoms with E-state index in [2.05, 4.69) is 20.4 Å². The Balaban J connectivity index is 2.08. The molecule has 0 aromatic rings. The SMILES string of the molecule is C=C1[C@H](O)C[C@H]2[C@@H](C=C(C)C(=O)[C@@]3(O)C[C@H](C)[C@H](O)[C@@H]3[C@H]1O)C2(C)C. The predicted octanol–water partition coefficient (Wildman–Crippen LogP) is 1.20. The van der Waals surface area contributed by atoms with E-state index in [1.54, 1.807) is 13.8 Å². The molecule has 25 heavy (non-hydrogen) atoms. The molecule has 3 aliphatic rings. The molecule has 0 aliphatic heterocycles. The van der Waals surface area contributed by atoms with Crippen LogP contribution in [0.2, 0.25) is 0 Å². The summed E-state index contributed by atoms with van der Waals surface area (Å²) in [5.41, 5.74) is -1.26. The van der Waals surface area contributed by atoms with E-state index in [9.17, 15) is 25.2 Å². The number of allylic oxidation sites excluding steroid dienone is 1. The van der Waals surface area contributed by atoms with Gasteiger partial charge < -0.3 is 20.4 Å². The number of ketones is 1. The number of rotatable bonds is 0. The van der Waals surface area contributed by atoms with Crippen molar-refractivity contribution in [3.63, 3.8) is 0 Å². The van der Waals surface area contributed by atoms with Gasteiger partial charge in [-0.3, -0.25) is 4.79 Å². The van der Waals surface area contributed by atoms with E-state index in [1.807, 2.05) is 6.08 Å². The molecule has 0 aromatic heterocycles. The molecular weight excluding hydrogens is 320 g/mol. The van der Waals surface area contributed by atoms with E-state index < -0.39 is 35.6 Å². The summed E-state index contributed by atoms with van der Waals surface area (Å²) < 4.78 is 0. The lowest BCUT2D eigenvalue weighted by Crippen LogP contribution is -2.51. The van der Waals surface area contributed by atoms with Gasteiger partial charge in [-0.15, -0.1) is 0 Å². The molecule has 0 bridgehead atoms. The topological polar surface area (TPSA) is 98.0 Å². The highest BCUT2D eigenvalue weighted by Crippen LogP contribution is 2.62. The van der Waals surface area contributed by atoms with Gasteiger partial charge in [-0.1, -0.05) is 33.4 Å². The van der Waals surface area contributed by atoms with Gasteiger partial charge in [-0.05, 0) is 54.1 Å². The first-order valence-corrected chi connectivity index (χ1v) is 9.11. The molecule has 8 atom stereocenters. The summed E-state index contributed by atoms with van der Waals surface area (Å²) >= 11 is 0. The Bertz CT molecular complexity index is 636. The lowest BCUT2D eigenvalue weighted by molar-refractivity contribution is -0.144. The second-order valence-electron chi connectivity index (χ2n) is 9.03.